The van der Waals surface area contributed by atoms with Crippen LogP contribution in [0.3, 0.4) is 0 Å². The van der Waals surface area contributed by atoms with Crippen LogP contribution in [0.1, 0.15) is 22.3 Å². The summed E-state index contributed by atoms with van der Waals surface area (Å²) in [7, 11) is 0. The number of anilines is 3. The Balaban J connectivity index is 1.11. The van der Waals surface area contributed by atoms with E-state index < -0.39 is 5.41 Å². The van der Waals surface area contributed by atoms with Crippen LogP contribution in [0, 0.1) is 0 Å². The second-order valence-electron chi connectivity index (χ2n) is 15.5. The number of hydrogen-bond donors (Lipinski definition) is 0. The molecule has 2 aliphatic rings. The van der Waals surface area contributed by atoms with Gasteiger partial charge in [0.05, 0.1) is 16.8 Å². The van der Waals surface area contributed by atoms with E-state index in [1.165, 1.54) is 100 Å². The summed E-state index contributed by atoms with van der Waals surface area (Å²) >= 11 is 5.69. The minimum absolute atomic E-state index is 0.405. The van der Waals surface area contributed by atoms with E-state index in [0.717, 1.165) is 11.4 Å². The van der Waals surface area contributed by atoms with Gasteiger partial charge in [-0.15, -0.1) is 22.7 Å². The van der Waals surface area contributed by atoms with Gasteiger partial charge < -0.3 is 4.90 Å². The zero-order chi connectivity index (χ0) is 38.7. The summed E-state index contributed by atoms with van der Waals surface area (Å²) in [5, 5.41) is 5.20. The van der Waals surface area contributed by atoms with Crippen LogP contribution in [0.4, 0.5) is 17.1 Å². The summed E-state index contributed by atoms with van der Waals surface area (Å²) in [5.41, 5.74) is 13.6. The lowest BCUT2D eigenvalue weighted by Gasteiger charge is -2.39. The van der Waals surface area contributed by atoms with E-state index in [1.807, 2.05) is 34.4 Å². The lowest BCUT2D eigenvalue weighted by molar-refractivity contribution is 0.723. The highest BCUT2D eigenvalue weighted by Gasteiger charge is 2.50. The average Bonchev–Trinajstić information content (AvgIpc) is 3.94. The quantitative estimate of drug-likeness (QED) is 0.174. The largest absolute Gasteiger partial charge is 0.309 e. The Bertz CT molecular complexity index is 3460. The Morgan fingerprint density at radius 2 is 0.966 bits per heavy atom. The van der Waals surface area contributed by atoms with Crippen molar-refractivity contribution in [3.8, 4) is 22.3 Å². The molecule has 0 N–H and O–H groups in total. The van der Waals surface area contributed by atoms with Gasteiger partial charge in [-0.25, -0.2) is 0 Å². The molecule has 1 aliphatic carbocycles. The van der Waals surface area contributed by atoms with E-state index in [1.54, 1.807) is 0 Å². The van der Waals surface area contributed by atoms with Crippen molar-refractivity contribution in [2.24, 2.45) is 0 Å². The first-order chi connectivity index (χ1) is 29.3. The first kappa shape index (κ1) is 33.5. The van der Waals surface area contributed by atoms with Gasteiger partial charge in [0.2, 0.25) is 0 Å². The monoisotopic (exact) mass is 803 g/mol. The number of para-hydroxylation sites is 1. The molecule has 1 aliphatic heterocycles. The molecule has 3 heterocycles. The minimum atomic E-state index is -0.405. The van der Waals surface area contributed by atoms with Crippen molar-refractivity contribution in [3.05, 3.63) is 222 Å². The molecule has 4 heteroatoms. The zero-order valence-corrected chi connectivity index (χ0v) is 34.2. The first-order valence-electron chi connectivity index (χ1n) is 20.1. The maximum atomic E-state index is 2.55. The van der Waals surface area contributed by atoms with Crippen molar-refractivity contribution in [2.45, 2.75) is 15.2 Å². The summed E-state index contributed by atoms with van der Waals surface area (Å²) in [6.07, 6.45) is 0. The van der Waals surface area contributed by atoms with Crippen molar-refractivity contribution in [1.29, 1.82) is 0 Å². The molecule has 2 aromatic heterocycles. The molecule has 0 saturated carbocycles. The predicted octanol–water partition coefficient (Wildman–Crippen LogP) is 16.4. The average molecular weight is 804 g/mol. The Morgan fingerprint density at radius 1 is 0.356 bits per heavy atom. The van der Waals surface area contributed by atoms with Gasteiger partial charge >= 0.3 is 0 Å². The number of fused-ring (bicyclic) bond motifs is 15. The molecule has 9 aromatic carbocycles. The number of benzene rings is 9. The second-order valence-corrected chi connectivity index (χ2v) is 18.8. The second kappa shape index (κ2) is 12.8. The number of thiophene rings is 2. The molecule has 0 fully saturated rings. The maximum absolute atomic E-state index is 2.55. The van der Waals surface area contributed by atoms with Gasteiger partial charge in [-0.3, -0.25) is 0 Å². The smallest absolute Gasteiger partial charge is 0.0735 e. The van der Waals surface area contributed by atoms with E-state index in [-0.39, 0.29) is 0 Å². The minimum Gasteiger partial charge on any atom is -0.309 e. The van der Waals surface area contributed by atoms with Crippen LogP contribution in [0.2, 0.25) is 0 Å². The highest BCUT2D eigenvalue weighted by atomic mass is 32.2. The van der Waals surface area contributed by atoms with Crippen LogP contribution < -0.4 is 4.90 Å². The number of rotatable bonds is 4. The SMILES string of the molecule is c1ccc(-c2ccccc2N(c2ccc3c(c2)sc2ccccc23)c2cccc3sc4cc5c(cc4c23)-c2ccccc2C52c3ccccc3Sc3ccccc32)cc1. The molecule has 0 bridgehead atoms. The molecule has 0 radical (unpaired) electrons. The van der Waals surface area contributed by atoms with Crippen LogP contribution in [0.15, 0.2) is 210 Å². The van der Waals surface area contributed by atoms with Crippen molar-refractivity contribution in [1.82, 2.24) is 0 Å². The van der Waals surface area contributed by atoms with E-state index in [0.29, 0.717) is 0 Å². The van der Waals surface area contributed by atoms with Crippen molar-refractivity contribution in [3.63, 3.8) is 0 Å². The number of hydrogen-bond acceptors (Lipinski definition) is 4. The molecular formula is C55H33NS3. The van der Waals surface area contributed by atoms with Crippen molar-refractivity contribution >= 4 is 91.8 Å². The molecule has 11 aromatic rings. The summed E-state index contributed by atoms with van der Waals surface area (Å²) in [5.74, 6) is 0. The van der Waals surface area contributed by atoms with Crippen LogP contribution in [0.25, 0.3) is 62.6 Å². The third-order valence-electron chi connectivity index (χ3n) is 12.5. The topological polar surface area (TPSA) is 3.24 Å². The van der Waals surface area contributed by atoms with Crippen LogP contribution in [-0.4, -0.2) is 0 Å². The van der Waals surface area contributed by atoms with Gasteiger partial charge in [0.15, 0.2) is 0 Å². The van der Waals surface area contributed by atoms with Gasteiger partial charge in [-0.2, -0.15) is 0 Å². The van der Waals surface area contributed by atoms with Gasteiger partial charge in [-0.1, -0.05) is 151 Å². The molecule has 0 atom stereocenters. The fraction of sp³-hybridized carbons (Fsp3) is 0.0182. The maximum Gasteiger partial charge on any atom is 0.0735 e. The molecule has 13 rings (SSSR count). The van der Waals surface area contributed by atoms with E-state index in [9.17, 15) is 0 Å². The van der Waals surface area contributed by atoms with Crippen LogP contribution in [-0.2, 0) is 5.41 Å². The Labute approximate surface area is 354 Å². The molecule has 1 nitrogen and oxygen atoms in total. The van der Waals surface area contributed by atoms with Gasteiger partial charge in [0.25, 0.3) is 0 Å². The summed E-state index contributed by atoms with van der Waals surface area (Å²) in [6.45, 7) is 0. The molecular weight excluding hydrogens is 771 g/mol. The predicted molar refractivity (Wildman–Crippen MR) is 254 cm³/mol. The van der Waals surface area contributed by atoms with Gasteiger partial charge in [0.1, 0.15) is 0 Å². The van der Waals surface area contributed by atoms with Crippen LogP contribution >= 0.6 is 34.4 Å². The normalized spacial score (nSPS) is 13.5. The first-order valence-corrected chi connectivity index (χ1v) is 22.5. The molecule has 1 spiro atoms. The fourth-order valence-corrected chi connectivity index (χ4v) is 13.6. The highest BCUT2D eigenvalue weighted by Crippen LogP contribution is 2.63. The fourth-order valence-electron chi connectivity index (χ4n) is 10.1. The zero-order valence-electron chi connectivity index (χ0n) is 31.7. The lowest BCUT2D eigenvalue weighted by Crippen LogP contribution is -2.31. The Morgan fingerprint density at radius 3 is 1.80 bits per heavy atom. The van der Waals surface area contributed by atoms with E-state index >= 15 is 0 Å². The lowest BCUT2D eigenvalue weighted by atomic mass is 9.67. The highest BCUT2D eigenvalue weighted by molar-refractivity contribution is 7.99. The van der Waals surface area contributed by atoms with Gasteiger partial charge in [0, 0.05) is 61.4 Å². The third-order valence-corrected chi connectivity index (χ3v) is 15.9. The van der Waals surface area contributed by atoms with Crippen LogP contribution in [0.5, 0.6) is 0 Å². The third kappa shape index (κ3) is 4.74. The van der Waals surface area contributed by atoms with Crippen molar-refractivity contribution < 1.29 is 0 Å². The molecule has 0 saturated heterocycles. The summed E-state index contributed by atoms with van der Waals surface area (Å²) in [4.78, 5) is 5.18. The molecule has 59 heavy (non-hydrogen) atoms. The van der Waals surface area contributed by atoms with E-state index in [2.05, 4.69) is 205 Å². The standard InChI is InChI=1S/C55H33NS3/c1-2-15-34(16-3-1)36-17-5-10-23-46(36)56(35-29-30-39-38-19-6-11-25-48(38)57-52(39)31-35)47-24-14-28-51-54(47)41-32-40-37-18-4-7-20-42(37)55(45(40)33-53(41)59-51)43-21-8-12-26-49(43)58-50-27-13-9-22-44(50)55/h1-33H. The molecule has 0 unspecified atom stereocenters. The summed E-state index contributed by atoms with van der Waals surface area (Å²) in [6, 6.07) is 74.9. The van der Waals surface area contributed by atoms with Crippen molar-refractivity contribution in [2.75, 3.05) is 4.90 Å². The van der Waals surface area contributed by atoms with Gasteiger partial charge in [-0.05, 0) is 99.6 Å². The van der Waals surface area contributed by atoms with E-state index in [4.69, 9.17) is 0 Å². The molecule has 276 valence electrons. The molecule has 0 amide bonds. The number of nitrogens with zero attached hydrogens (tertiary/aromatic N) is 1. The Kier molecular flexibility index (Phi) is 7.27. The summed E-state index contributed by atoms with van der Waals surface area (Å²) < 4.78 is 5.20. The Hall–Kier alpha value is -6.43.